The highest BCUT2D eigenvalue weighted by Crippen LogP contribution is 2.27. The molecule has 1 heterocycles. The molecule has 21 heavy (non-hydrogen) atoms. The summed E-state index contributed by atoms with van der Waals surface area (Å²) >= 11 is 2.06. The van der Waals surface area contributed by atoms with Gasteiger partial charge in [-0.3, -0.25) is 10.1 Å². The first-order valence-electron chi connectivity index (χ1n) is 7.80. The molecule has 1 N–H and O–H groups in total. The Labute approximate surface area is 130 Å². The first kappa shape index (κ1) is 16.3. The smallest absolute Gasteiger partial charge is 0.269 e. The number of nitrogens with one attached hydrogen (secondary N) is 1. The van der Waals surface area contributed by atoms with Gasteiger partial charge in [0.15, 0.2) is 0 Å². The van der Waals surface area contributed by atoms with Crippen molar-refractivity contribution in [1.82, 2.24) is 5.32 Å². The SMILES string of the molecule is CCCC(NCC1CCCCS1)c1cccc([N+](=O)[O-])c1. The van der Waals surface area contributed by atoms with Crippen LogP contribution in [0.25, 0.3) is 0 Å². The molecule has 116 valence electrons. The molecule has 2 rings (SSSR count). The molecular formula is C16H24N2O2S. The van der Waals surface area contributed by atoms with Crippen LogP contribution in [0, 0.1) is 10.1 Å². The number of nitrogens with zero attached hydrogens (tertiary/aromatic N) is 1. The topological polar surface area (TPSA) is 55.2 Å². The van der Waals surface area contributed by atoms with E-state index in [1.165, 1.54) is 25.0 Å². The van der Waals surface area contributed by atoms with Crippen LogP contribution in [-0.4, -0.2) is 22.5 Å². The maximum absolute atomic E-state index is 10.9. The van der Waals surface area contributed by atoms with Crippen molar-refractivity contribution in [3.8, 4) is 0 Å². The molecule has 1 saturated heterocycles. The lowest BCUT2D eigenvalue weighted by Gasteiger charge is -2.25. The molecule has 1 aliphatic rings. The number of hydrogen-bond acceptors (Lipinski definition) is 4. The van der Waals surface area contributed by atoms with Gasteiger partial charge in [-0.1, -0.05) is 31.9 Å². The van der Waals surface area contributed by atoms with Crippen molar-refractivity contribution in [1.29, 1.82) is 0 Å². The van der Waals surface area contributed by atoms with Crippen molar-refractivity contribution in [2.45, 2.75) is 50.3 Å². The van der Waals surface area contributed by atoms with Crippen molar-refractivity contribution in [2.24, 2.45) is 0 Å². The van der Waals surface area contributed by atoms with Crippen LogP contribution in [0.3, 0.4) is 0 Å². The molecule has 0 bridgehead atoms. The van der Waals surface area contributed by atoms with Crippen molar-refractivity contribution >= 4 is 17.4 Å². The van der Waals surface area contributed by atoms with Gasteiger partial charge in [0.1, 0.15) is 0 Å². The van der Waals surface area contributed by atoms with Crippen LogP contribution in [0.2, 0.25) is 0 Å². The van der Waals surface area contributed by atoms with E-state index in [-0.39, 0.29) is 16.7 Å². The summed E-state index contributed by atoms with van der Waals surface area (Å²) in [6.45, 7) is 3.15. The molecule has 5 heteroatoms. The zero-order chi connectivity index (χ0) is 15.1. The zero-order valence-corrected chi connectivity index (χ0v) is 13.4. The molecule has 0 saturated carbocycles. The molecule has 1 aliphatic heterocycles. The van der Waals surface area contributed by atoms with Gasteiger partial charge in [-0.2, -0.15) is 11.8 Å². The fourth-order valence-corrected chi connectivity index (χ4v) is 4.02. The van der Waals surface area contributed by atoms with E-state index >= 15 is 0 Å². The quantitative estimate of drug-likeness (QED) is 0.602. The maximum atomic E-state index is 10.9. The Bertz CT molecular complexity index is 461. The first-order chi connectivity index (χ1) is 10.2. The molecule has 0 spiro atoms. The minimum absolute atomic E-state index is 0.183. The van der Waals surface area contributed by atoms with Crippen molar-refractivity contribution in [3.63, 3.8) is 0 Å². The summed E-state index contributed by atoms with van der Waals surface area (Å²) in [5, 5.41) is 15.2. The number of hydrogen-bond donors (Lipinski definition) is 1. The van der Waals surface area contributed by atoms with Gasteiger partial charge in [0.05, 0.1) is 4.92 Å². The van der Waals surface area contributed by atoms with Crippen molar-refractivity contribution in [3.05, 3.63) is 39.9 Å². The Balaban J connectivity index is 2.00. The van der Waals surface area contributed by atoms with Gasteiger partial charge in [0.2, 0.25) is 0 Å². The minimum atomic E-state index is -0.316. The monoisotopic (exact) mass is 308 g/mol. The predicted molar refractivity (Wildman–Crippen MR) is 88.8 cm³/mol. The summed E-state index contributed by atoms with van der Waals surface area (Å²) in [6.07, 6.45) is 6.03. The standard InChI is InChI=1S/C16H24N2O2S/c1-2-6-16(17-12-15-9-3-4-10-21-15)13-7-5-8-14(11-13)18(19)20/h5,7-8,11,15-17H,2-4,6,9-10,12H2,1H3. The molecule has 1 aromatic rings. The van der Waals surface area contributed by atoms with Crippen LogP contribution < -0.4 is 5.32 Å². The lowest BCUT2D eigenvalue weighted by Crippen LogP contribution is -2.30. The molecular weight excluding hydrogens is 284 g/mol. The highest BCUT2D eigenvalue weighted by atomic mass is 32.2. The van der Waals surface area contributed by atoms with Crippen LogP contribution in [0.15, 0.2) is 24.3 Å². The van der Waals surface area contributed by atoms with Gasteiger partial charge in [-0.05, 0) is 30.6 Å². The molecule has 1 fully saturated rings. The largest absolute Gasteiger partial charge is 0.309 e. The van der Waals surface area contributed by atoms with E-state index < -0.39 is 0 Å². The summed E-state index contributed by atoms with van der Waals surface area (Å²) < 4.78 is 0. The number of benzene rings is 1. The molecule has 0 amide bonds. The molecule has 0 aromatic heterocycles. The third-order valence-corrected chi connectivity index (χ3v) is 5.32. The van der Waals surface area contributed by atoms with Crippen LogP contribution in [0.5, 0.6) is 0 Å². The van der Waals surface area contributed by atoms with Gasteiger partial charge in [0.25, 0.3) is 5.69 Å². The second-order valence-electron chi connectivity index (χ2n) is 5.59. The lowest BCUT2D eigenvalue weighted by molar-refractivity contribution is -0.384. The fraction of sp³-hybridized carbons (Fsp3) is 0.625. The van der Waals surface area contributed by atoms with Gasteiger partial charge in [-0.25, -0.2) is 0 Å². The Kier molecular flexibility index (Phi) is 6.51. The van der Waals surface area contributed by atoms with Gasteiger partial charge >= 0.3 is 0 Å². The third kappa shape index (κ3) is 5.00. The zero-order valence-electron chi connectivity index (χ0n) is 12.6. The molecule has 2 atom stereocenters. The average Bonchev–Trinajstić information content (AvgIpc) is 2.52. The molecule has 2 unspecified atom stereocenters. The van der Waals surface area contributed by atoms with Crippen LogP contribution in [0.1, 0.15) is 50.6 Å². The number of thioether (sulfide) groups is 1. The van der Waals surface area contributed by atoms with Crippen molar-refractivity contribution in [2.75, 3.05) is 12.3 Å². The normalized spacial score (nSPS) is 20.1. The predicted octanol–water partition coefficient (Wildman–Crippen LogP) is 4.31. The van der Waals surface area contributed by atoms with E-state index in [0.29, 0.717) is 5.25 Å². The molecule has 0 aliphatic carbocycles. The van der Waals surface area contributed by atoms with E-state index in [1.54, 1.807) is 18.2 Å². The summed E-state index contributed by atoms with van der Waals surface area (Å²) in [7, 11) is 0. The van der Waals surface area contributed by atoms with Gasteiger partial charge < -0.3 is 5.32 Å². The second kappa shape index (κ2) is 8.39. The Morgan fingerprint density at radius 1 is 1.48 bits per heavy atom. The third-order valence-electron chi connectivity index (χ3n) is 3.93. The lowest BCUT2D eigenvalue weighted by atomic mass is 10.0. The molecule has 0 radical (unpaired) electrons. The number of rotatable bonds is 7. The number of nitro benzene ring substituents is 1. The Morgan fingerprint density at radius 3 is 3.00 bits per heavy atom. The summed E-state index contributed by atoms with van der Waals surface area (Å²) in [5.74, 6) is 1.27. The highest BCUT2D eigenvalue weighted by Gasteiger charge is 2.18. The van der Waals surface area contributed by atoms with E-state index in [4.69, 9.17) is 0 Å². The van der Waals surface area contributed by atoms with E-state index in [9.17, 15) is 10.1 Å². The van der Waals surface area contributed by atoms with Crippen LogP contribution in [-0.2, 0) is 0 Å². The van der Waals surface area contributed by atoms with E-state index in [1.807, 2.05) is 6.07 Å². The van der Waals surface area contributed by atoms with Gasteiger partial charge in [-0.15, -0.1) is 0 Å². The number of non-ortho nitro benzene ring substituents is 1. The Morgan fingerprint density at radius 2 is 2.33 bits per heavy atom. The van der Waals surface area contributed by atoms with Crippen LogP contribution >= 0.6 is 11.8 Å². The molecule has 4 nitrogen and oxygen atoms in total. The van der Waals surface area contributed by atoms with E-state index in [0.717, 1.165) is 24.9 Å². The summed E-state index contributed by atoms with van der Waals surface area (Å²) in [5.41, 5.74) is 1.22. The van der Waals surface area contributed by atoms with Gasteiger partial charge in [0, 0.05) is 30.0 Å². The fourth-order valence-electron chi connectivity index (χ4n) is 2.77. The summed E-state index contributed by atoms with van der Waals surface area (Å²) in [6, 6.07) is 7.27. The average molecular weight is 308 g/mol. The first-order valence-corrected chi connectivity index (χ1v) is 8.85. The molecule has 1 aromatic carbocycles. The van der Waals surface area contributed by atoms with E-state index in [2.05, 4.69) is 24.0 Å². The highest BCUT2D eigenvalue weighted by molar-refractivity contribution is 7.99. The maximum Gasteiger partial charge on any atom is 0.269 e. The Hall–Kier alpha value is -1.07. The van der Waals surface area contributed by atoms with Crippen molar-refractivity contribution < 1.29 is 4.92 Å². The summed E-state index contributed by atoms with van der Waals surface area (Å²) in [4.78, 5) is 10.6. The number of nitro groups is 1. The second-order valence-corrected chi connectivity index (χ2v) is 7.00. The van der Waals surface area contributed by atoms with Crippen LogP contribution in [0.4, 0.5) is 5.69 Å². The minimum Gasteiger partial charge on any atom is -0.309 e.